The maximum atomic E-state index is 13.8. The Kier molecular flexibility index (Phi) is 11.1. The summed E-state index contributed by atoms with van der Waals surface area (Å²) in [6.07, 6.45) is 3.72. The second kappa shape index (κ2) is 15.1. The fraction of sp³-hybridized carbons (Fsp3) is 0.556. The molecule has 1 N–H and O–H groups in total. The zero-order valence-corrected chi connectivity index (χ0v) is 29.9. The van der Waals surface area contributed by atoms with Crippen LogP contribution >= 0.6 is 11.6 Å². The first-order chi connectivity index (χ1) is 23.8. The SMILES string of the molecule is CC1(C)OC/C=C/[C@H](OCC(=O)N2C[C@@H](F)[C@@H](F)C2)[C@@H]2CC[C@H]2CN2CCCCc3cc(Cl)ccc3COc3ccc(cc32)S(=O)(=O)NC1=O. The number of fused-ring (bicyclic) bond motifs is 3. The third-order valence-electron chi connectivity index (χ3n) is 10.2. The van der Waals surface area contributed by atoms with E-state index in [4.69, 9.17) is 25.8 Å². The van der Waals surface area contributed by atoms with Crippen molar-refractivity contribution in [3.8, 4) is 5.75 Å². The third kappa shape index (κ3) is 8.27. The van der Waals surface area contributed by atoms with Crippen LogP contribution in [0.15, 0.2) is 53.4 Å². The van der Waals surface area contributed by atoms with Gasteiger partial charge in [0.15, 0.2) is 12.3 Å². The highest BCUT2D eigenvalue weighted by Gasteiger charge is 2.40. The number of hydrogen-bond acceptors (Lipinski definition) is 8. The summed E-state index contributed by atoms with van der Waals surface area (Å²) in [4.78, 5) is 29.3. The van der Waals surface area contributed by atoms with Crippen LogP contribution < -0.4 is 14.4 Å². The van der Waals surface area contributed by atoms with Gasteiger partial charge in [-0.1, -0.05) is 29.8 Å². The maximum absolute atomic E-state index is 13.8. The minimum Gasteiger partial charge on any atom is -0.487 e. The van der Waals surface area contributed by atoms with Gasteiger partial charge < -0.3 is 24.0 Å². The van der Waals surface area contributed by atoms with E-state index in [2.05, 4.69) is 9.62 Å². The van der Waals surface area contributed by atoms with Gasteiger partial charge in [-0.2, -0.15) is 0 Å². The van der Waals surface area contributed by atoms with E-state index in [-0.39, 0.29) is 49.6 Å². The highest BCUT2D eigenvalue weighted by atomic mass is 35.5. The van der Waals surface area contributed by atoms with Crippen LogP contribution in [0.3, 0.4) is 0 Å². The number of carbonyl (C=O) groups excluding carboxylic acids is 2. The number of aryl methyl sites for hydroxylation is 1. The van der Waals surface area contributed by atoms with Crippen LogP contribution in [0, 0.1) is 11.8 Å². The molecular formula is C36H44ClF2N3O7S. The first-order valence-corrected chi connectivity index (χ1v) is 19.0. The number of sulfonamides is 1. The second-order valence-electron chi connectivity index (χ2n) is 14.0. The zero-order valence-electron chi connectivity index (χ0n) is 28.3. The van der Waals surface area contributed by atoms with E-state index < -0.39 is 45.9 Å². The number of ether oxygens (including phenoxy) is 3. The Morgan fingerprint density at radius 1 is 1.06 bits per heavy atom. The normalized spacial score (nSPS) is 28.9. The molecule has 4 aliphatic rings. The Morgan fingerprint density at radius 3 is 2.58 bits per heavy atom. The van der Waals surface area contributed by atoms with Gasteiger partial charge in [0.1, 0.15) is 24.6 Å². The van der Waals surface area contributed by atoms with Gasteiger partial charge in [0, 0.05) is 18.1 Å². The van der Waals surface area contributed by atoms with Crippen LogP contribution in [0.5, 0.6) is 5.75 Å². The molecule has 1 saturated heterocycles. The highest BCUT2D eigenvalue weighted by molar-refractivity contribution is 7.90. The lowest BCUT2D eigenvalue weighted by molar-refractivity contribution is -0.140. The lowest BCUT2D eigenvalue weighted by atomic mass is 9.70. The molecule has 3 heterocycles. The molecule has 1 saturated carbocycles. The van der Waals surface area contributed by atoms with Gasteiger partial charge in [0.2, 0.25) is 5.91 Å². The summed E-state index contributed by atoms with van der Waals surface area (Å²) in [6, 6.07) is 10.3. The van der Waals surface area contributed by atoms with E-state index in [0.29, 0.717) is 29.5 Å². The molecule has 5 atom stereocenters. The Bertz CT molecular complexity index is 1710. The fourth-order valence-corrected chi connectivity index (χ4v) is 8.26. The Balaban J connectivity index is 1.32. The van der Waals surface area contributed by atoms with Crippen molar-refractivity contribution in [2.24, 2.45) is 11.8 Å². The third-order valence-corrected chi connectivity index (χ3v) is 11.7. The molecule has 2 aromatic rings. The van der Waals surface area contributed by atoms with E-state index in [1.807, 2.05) is 18.2 Å². The number of nitrogens with zero attached hydrogens (tertiary/aromatic N) is 2. The van der Waals surface area contributed by atoms with E-state index in [1.165, 1.54) is 19.9 Å². The smallest absolute Gasteiger partial charge is 0.265 e. The molecule has 272 valence electrons. The number of hydrogen-bond donors (Lipinski definition) is 1. The molecule has 3 aliphatic heterocycles. The average molecular weight is 736 g/mol. The van der Waals surface area contributed by atoms with Gasteiger partial charge in [0.05, 0.1) is 36.4 Å². The second-order valence-corrected chi connectivity index (χ2v) is 16.1. The Labute approximate surface area is 297 Å². The average Bonchev–Trinajstić information content (AvgIpc) is 3.39. The van der Waals surface area contributed by atoms with Crippen molar-refractivity contribution < 1.29 is 41.0 Å². The van der Waals surface area contributed by atoms with E-state index in [1.54, 1.807) is 24.3 Å². The van der Waals surface area contributed by atoms with Gasteiger partial charge in [-0.05, 0) is 99.2 Å². The van der Waals surface area contributed by atoms with Crippen molar-refractivity contribution in [2.75, 3.05) is 44.3 Å². The predicted octanol–water partition coefficient (Wildman–Crippen LogP) is 5.16. The first kappa shape index (κ1) is 36.5. The fourth-order valence-electron chi connectivity index (χ4n) is 6.95. The predicted molar refractivity (Wildman–Crippen MR) is 184 cm³/mol. The number of likely N-dealkylation sites (tertiary alicyclic amines) is 1. The van der Waals surface area contributed by atoms with E-state index in [9.17, 15) is 26.8 Å². The molecule has 2 fully saturated rings. The maximum Gasteiger partial charge on any atom is 0.265 e. The van der Waals surface area contributed by atoms with E-state index >= 15 is 0 Å². The van der Waals surface area contributed by atoms with Gasteiger partial charge in [-0.3, -0.25) is 9.59 Å². The van der Waals surface area contributed by atoms with Crippen molar-refractivity contribution in [3.63, 3.8) is 0 Å². The van der Waals surface area contributed by atoms with Crippen molar-refractivity contribution >= 4 is 39.1 Å². The molecule has 0 spiro atoms. The minimum absolute atomic E-state index is 0.00875. The molecular weight excluding hydrogens is 692 g/mol. The van der Waals surface area contributed by atoms with Crippen molar-refractivity contribution in [2.45, 2.75) is 81.5 Å². The Hall–Kier alpha value is -3.26. The van der Waals surface area contributed by atoms with E-state index in [0.717, 1.165) is 48.1 Å². The molecule has 2 bridgehead atoms. The van der Waals surface area contributed by atoms with Gasteiger partial charge in [-0.25, -0.2) is 21.9 Å². The number of carbonyl (C=O) groups is 2. The largest absolute Gasteiger partial charge is 0.487 e. The highest BCUT2D eigenvalue weighted by Crippen LogP contribution is 2.42. The van der Waals surface area contributed by atoms with Gasteiger partial charge >= 0.3 is 0 Å². The molecule has 14 heteroatoms. The molecule has 2 aromatic carbocycles. The van der Waals surface area contributed by atoms with Crippen molar-refractivity contribution in [1.29, 1.82) is 0 Å². The van der Waals surface area contributed by atoms with Crippen molar-refractivity contribution in [3.05, 3.63) is 64.7 Å². The van der Waals surface area contributed by atoms with Gasteiger partial charge in [-0.15, -0.1) is 0 Å². The number of benzene rings is 2. The van der Waals surface area contributed by atoms with Crippen LogP contribution in [-0.4, -0.2) is 88.6 Å². The first-order valence-electron chi connectivity index (χ1n) is 17.2. The molecule has 6 rings (SSSR count). The number of nitrogens with one attached hydrogen (secondary N) is 1. The lowest BCUT2D eigenvalue weighted by Crippen LogP contribution is -2.47. The van der Waals surface area contributed by atoms with Crippen molar-refractivity contribution in [1.82, 2.24) is 9.62 Å². The summed E-state index contributed by atoms with van der Waals surface area (Å²) in [7, 11) is -4.28. The summed E-state index contributed by atoms with van der Waals surface area (Å²) in [5.41, 5.74) is 1.17. The number of alkyl halides is 2. The van der Waals surface area contributed by atoms with Gasteiger partial charge in [0.25, 0.3) is 15.9 Å². The summed E-state index contributed by atoms with van der Waals surface area (Å²) in [5, 5.41) is 0.650. The topological polar surface area (TPSA) is 114 Å². The monoisotopic (exact) mass is 735 g/mol. The van der Waals surface area contributed by atoms with Crippen LogP contribution in [0.4, 0.5) is 14.5 Å². The number of rotatable bonds is 3. The number of amides is 2. The molecule has 10 nitrogen and oxygen atoms in total. The Morgan fingerprint density at radius 2 is 1.84 bits per heavy atom. The number of halogens is 3. The molecule has 50 heavy (non-hydrogen) atoms. The summed E-state index contributed by atoms with van der Waals surface area (Å²) in [5.74, 6) is -0.715. The molecule has 0 aromatic heterocycles. The lowest BCUT2D eigenvalue weighted by Gasteiger charge is -2.44. The molecule has 2 amide bonds. The quantitative estimate of drug-likeness (QED) is 0.431. The molecule has 1 aliphatic carbocycles. The van der Waals surface area contributed by atoms with Crippen LogP contribution in [0.2, 0.25) is 5.02 Å². The minimum atomic E-state index is -4.28. The van der Waals surface area contributed by atoms with Crippen LogP contribution in [0.25, 0.3) is 0 Å². The molecule has 0 radical (unpaired) electrons. The number of anilines is 1. The van der Waals surface area contributed by atoms with Crippen LogP contribution in [-0.2, 0) is 42.1 Å². The summed E-state index contributed by atoms with van der Waals surface area (Å²) in [6.45, 7) is 3.42. The summed E-state index contributed by atoms with van der Waals surface area (Å²) >= 11 is 6.32. The van der Waals surface area contributed by atoms with Crippen LogP contribution in [0.1, 0.15) is 50.7 Å². The standard InChI is InChI=1S/C36H44ClF2N3O7S/c1-36(2)35(44)40-50(45,46)27-11-13-33-31(17-27)41(14-4-3-6-23-16-26(37)10-8-25(23)21-47-33)18-24-9-12-28(24)32(7-5-15-49-36)48-22-34(43)42-19-29(38)30(39)20-42/h5,7-8,10-11,13,16-17,24,28-30,32H,3-4,6,9,12,14-15,18-22H2,1-2H3,(H,40,44)/b7-5+/t24-,28+,29-,30+,32-/m0/s1. The summed E-state index contributed by atoms with van der Waals surface area (Å²) < 4.78 is 75.3. The zero-order chi connectivity index (χ0) is 35.6. The molecule has 0 unspecified atom stereocenters.